The lowest BCUT2D eigenvalue weighted by molar-refractivity contribution is -0.116. The number of fused-ring (bicyclic) bond motifs is 1. The minimum atomic E-state index is -0.200. The van der Waals surface area contributed by atoms with Gasteiger partial charge in [0, 0.05) is 46.6 Å². The molecule has 3 heterocycles. The van der Waals surface area contributed by atoms with E-state index in [1.165, 1.54) is 0 Å². The number of hydrogen-bond donors (Lipinski definition) is 2. The predicted molar refractivity (Wildman–Crippen MR) is 175 cm³/mol. The van der Waals surface area contributed by atoms with E-state index in [-0.39, 0.29) is 24.4 Å². The first-order chi connectivity index (χ1) is 20.3. The molecule has 1 aliphatic rings. The molecule has 1 amide bonds. The third-order valence-electron chi connectivity index (χ3n) is 7.78. The molecule has 6 rings (SSSR count). The standard InChI is InChI=1S/C33H29Cl2N5OS/c1-20-18-25(21(2)40(20)29-14-13-23(34)19-26(29)35)32-31(28-11-5-6-16-36-28)38-33(42)39(32)17-15-30(41)37-27-12-7-9-22-8-3-4-10-24(22)27/h3-14,16,18-19,31-32H,15,17H2,1-2H3,(H,37,41)(H,38,42)/t31-,32+/m1/s1. The number of nitrogens with one attached hydrogen (secondary N) is 2. The van der Waals surface area contributed by atoms with Crippen molar-refractivity contribution in [3.8, 4) is 5.69 Å². The Hall–Kier alpha value is -3.91. The van der Waals surface area contributed by atoms with Crippen molar-refractivity contribution < 1.29 is 4.79 Å². The zero-order valence-electron chi connectivity index (χ0n) is 23.1. The van der Waals surface area contributed by atoms with Crippen LogP contribution in [0.1, 0.15) is 41.1 Å². The topological polar surface area (TPSA) is 62.2 Å². The Morgan fingerprint density at radius 1 is 1.00 bits per heavy atom. The normalized spacial score (nSPS) is 16.6. The smallest absolute Gasteiger partial charge is 0.226 e. The number of carbonyl (C=O) groups excluding carboxylic acids is 1. The number of carbonyl (C=O) groups is 1. The average Bonchev–Trinajstić information content (AvgIpc) is 3.47. The number of rotatable bonds is 7. The molecule has 0 saturated carbocycles. The zero-order chi connectivity index (χ0) is 29.4. The van der Waals surface area contributed by atoms with Crippen LogP contribution in [-0.4, -0.2) is 32.0 Å². The van der Waals surface area contributed by atoms with E-state index < -0.39 is 0 Å². The van der Waals surface area contributed by atoms with Crippen LogP contribution in [0, 0.1) is 13.8 Å². The fraction of sp³-hybridized carbons (Fsp3) is 0.182. The van der Waals surface area contributed by atoms with Gasteiger partial charge in [-0.25, -0.2) is 0 Å². The van der Waals surface area contributed by atoms with Crippen molar-refractivity contribution in [1.29, 1.82) is 0 Å². The second kappa shape index (κ2) is 11.8. The van der Waals surface area contributed by atoms with E-state index in [1.54, 1.807) is 12.3 Å². The molecule has 0 radical (unpaired) electrons. The van der Waals surface area contributed by atoms with Gasteiger partial charge in [-0.1, -0.05) is 65.7 Å². The first kappa shape index (κ1) is 28.2. The number of pyridine rings is 1. The lowest BCUT2D eigenvalue weighted by Gasteiger charge is -2.28. The number of nitrogens with zero attached hydrogens (tertiary/aromatic N) is 3. The number of benzene rings is 3. The Morgan fingerprint density at radius 3 is 2.57 bits per heavy atom. The molecule has 0 aliphatic carbocycles. The largest absolute Gasteiger partial charge is 0.352 e. The number of hydrogen-bond acceptors (Lipinski definition) is 3. The molecule has 1 saturated heterocycles. The summed E-state index contributed by atoms with van der Waals surface area (Å²) in [4.78, 5) is 20.0. The molecule has 2 atom stereocenters. The molecule has 212 valence electrons. The third-order valence-corrected chi connectivity index (χ3v) is 8.67. The molecular weight excluding hydrogens is 585 g/mol. The molecule has 6 nitrogen and oxygen atoms in total. The van der Waals surface area contributed by atoms with Crippen molar-refractivity contribution in [3.05, 3.63) is 124 Å². The van der Waals surface area contributed by atoms with E-state index in [4.69, 9.17) is 35.4 Å². The molecule has 0 spiro atoms. The maximum absolute atomic E-state index is 13.2. The van der Waals surface area contributed by atoms with E-state index in [0.717, 1.165) is 44.8 Å². The molecular formula is C33H29Cl2N5OS. The Kier molecular flexibility index (Phi) is 7.90. The second-order valence-corrected chi connectivity index (χ2v) is 11.6. The average molecular weight is 615 g/mol. The first-order valence-electron chi connectivity index (χ1n) is 13.7. The molecule has 3 aromatic carbocycles. The summed E-state index contributed by atoms with van der Waals surface area (Å²) in [5, 5.41) is 10.4. The Balaban J connectivity index is 1.32. The third kappa shape index (κ3) is 5.36. The van der Waals surface area contributed by atoms with Gasteiger partial charge in [0.2, 0.25) is 5.91 Å². The van der Waals surface area contributed by atoms with Gasteiger partial charge in [-0.3, -0.25) is 9.78 Å². The summed E-state index contributed by atoms with van der Waals surface area (Å²) >= 11 is 18.7. The van der Waals surface area contributed by atoms with Gasteiger partial charge >= 0.3 is 0 Å². The number of amides is 1. The van der Waals surface area contributed by atoms with E-state index in [9.17, 15) is 4.79 Å². The fourth-order valence-electron chi connectivity index (χ4n) is 5.87. The van der Waals surface area contributed by atoms with Gasteiger partial charge in [0.15, 0.2) is 5.11 Å². The maximum atomic E-state index is 13.2. The Labute approximate surface area is 260 Å². The summed E-state index contributed by atoms with van der Waals surface area (Å²) in [7, 11) is 0. The predicted octanol–water partition coefficient (Wildman–Crippen LogP) is 7.95. The van der Waals surface area contributed by atoms with Crippen molar-refractivity contribution in [2.24, 2.45) is 0 Å². The first-order valence-corrected chi connectivity index (χ1v) is 14.9. The Bertz CT molecular complexity index is 1800. The molecule has 0 bridgehead atoms. The second-order valence-electron chi connectivity index (χ2n) is 10.4. The van der Waals surface area contributed by atoms with Gasteiger partial charge in [0.1, 0.15) is 0 Å². The molecule has 0 unspecified atom stereocenters. The summed E-state index contributed by atoms with van der Waals surface area (Å²) in [5.41, 5.74) is 5.66. The molecule has 2 N–H and O–H groups in total. The van der Waals surface area contributed by atoms with Gasteiger partial charge in [-0.05, 0) is 79.5 Å². The summed E-state index contributed by atoms with van der Waals surface area (Å²) in [6.45, 7) is 4.57. The van der Waals surface area contributed by atoms with Crippen molar-refractivity contribution in [2.75, 3.05) is 11.9 Å². The molecule has 1 fully saturated rings. The van der Waals surface area contributed by atoms with Gasteiger partial charge in [0.25, 0.3) is 0 Å². The quantitative estimate of drug-likeness (QED) is 0.182. The van der Waals surface area contributed by atoms with E-state index in [1.807, 2.05) is 72.8 Å². The minimum absolute atomic E-state index is 0.0763. The number of aromatic nitrogens is 2. The summed E-state index contributed by atoms with van der Waals surface area (Å²) in [6, 6.07) is 27.1. The van der Waals surface area contributed by atoms with E-state index >= 15 is 0 Å². The van der Waals surface area contributed by atoms with Gasteiger partial charge in [0.05, 0.1) is 28.5 Å². The molecule has 9 heteroatoms. The summed E-state index contributed by atoms with van der Waals surface area (Å²) < 4.78 is 2.14. The lowest BCUT2D eigenvalue weighted by atomic mass is 9.96. The highest BCUT2D eigenvalue weighted by atomic mass is 35.5. The number of thiocarbonyl (C=S) groups is 1. The van der Waals surface area contributed by atoms with Crippen LogP contribution >= 0.6 is 35.4 Å². The van der Waals surface area contributed by atoms with Crippen LogP contribution in [-0.2, 0) is 4.79 Å². The van der Waals surface area contributed by atoms with Gasteiger partial charge in [-0.2, -0.15) is 0 Å². The van der Waals surface area contributed by atoms with Crippen LogP contribution in [0.15, 0.2) is 91.1 Å². The maximum Gasteiger partial charge on any atom is 0.226 e. The number of halogens is 2. The van der Waals surface area contributed by atoms with Crippen molar-refractivity contribution in [1.82, 2.24) is 19.8 Å². The zero-order valence-corrected chi connectivity index (χ0v) is 25.5. The summed E-state index contributed by atoms with van der Waals surface area (Å²) in [5.74, 6) is -0.0763. The van der Waals surface area contributed by atoms with E-state index in [0.29, 0.717) is 21.7 Å². The monoisotopic (exact) mass is 613 g/mol. The van der Waals surface area contributed by atoms with Crippen LogP contribution in [0.5, 0.6) is 0 Å². The van der Waals surface area contributed by atoms with Gasteiger partial charge in [-0.15, -0.1) is 0 Å². The van der Waals surface area contributed by atoms with Gasteiger partial charge < -0.3 is 20.1 Å². The Morgan fingerprint density at radius 2 is 1.79 bits per heavy atom. The van der Waals surface area contributed by atoms with Crippen LogP contribution in [0.25, 0.3) is 16.5 Å². The number of anilines is 1. The van der Waals surface area contributed by atoms with Crippen LogP contribution in [0.4, 0.5) is 5.69 Å². The van der Waals surface area contributed by atoms with Crippen molar-refractivity contribution >= 4 is 62.9 Å². The molecule has 1 aliphatic heterocycles. The van der Waals surface area contributed by atoms with Crippen molar-refractivity contribution in [3.63, 3.8) is 0 Å². The van der Waals surface area contributed by atoms with Crippen LogP contribution < -0.4 is 10.6 Å². The highest BCUT2D eigenvalue weighted by Crippen LogP contribution is 2.42. The molecule has 2 aromatic heterocycles. The molecule has 5 aromatic rings. The number of aryl methyl sites for hydroxylation is 1. The summed E-state index contributed by atoms with van der Waals surface area (Å²) in [6.07, 6.45) is 2.05. The highest BCUT2D eigenvalue weighted by molar-refractivity contribution is 7.80. The van der Waals surface area contributed by atoms with Crippen molar-refractivity contribution in [2.45, 2.75) is 32.4 Å². The highest BCUT2D eigenvalue weighted by Gasteiger charge is 2.41. The van der Waals surface area contributed by atoms with Crippen LogP contribution in [0.3, 0.4) is 0 Å². The van der Waals surface area contributed by atoms with Crippen LogP contribution in [0.2, 0.25) is 10.0 Å². The SMILES string of the molecule is Cc1cc([C@H]2[C@@H](c3ccccn3)NC(=S)N2CCC(=O)Nc2cccc3ccccc23)c(C)n1-c1ccc(Cl)cc1Cl. The van der Waals surface area contributed by atoms with E-state index in [2.05, 4.69) is 45.0 Å². The fourth-order valence-corrected chi connectivity index (χ4v) is 6.70. The lowest BCUT2D eigenvalue weighted by Crippen LogP contribution is -2.33. The minimum Gasteiger partial charge on any atom is -0.352 e. The molecule has 42 heavy (non-hydrogen) atoms.